The van der Waals surface area contributed by atoms with Crippen molar-refractivity contribution in [2.45, 2.75) is 45.2 Å². The van der Waals surface area contributed by atoms with Crippen molar-refractivity contribution in [2.75, 3.05) is 13.1 Å². The lowest BCUT2D eigenvalue weighted by Crippen LogP contribution is -2.51. The zero-order valence-corrected chi connectivity index (χ0v) is 13.8. The van der Waals surface area contributed by atoms with Crippen LogP contribution in [0.5, 0.6) is 0 Å². The van der Waals surface area contributed by atoms with Crippen LogP contribution in [0.25, 0.3) is 0 Å². The molecule has 3 heterocycles. The van der Waals surface area contributed by atoms with Crippen molar-refractivity contribution in [1.82, 2.24) is 25.3 Å². The van der Waals surface area contributed by atoms with Gasteiger partial charge in [0.15, 0.2) is 0 Å². The van der Waals surface area contributed by atoms with Gasteiger partial charge in [-0.2, -0.15) is 5.10 Å². The molecule has 0 aromatic carbocycles. The van der Waals surface area contributed by atoms with Gasteiger partial charge in [-0.25, -0.2) is 4.79 Å². The number of aryl methyl sites for hydroxylation is 1. The van der Waals surface area contributed by atoms with E-state index in [1.54, 1.807) is 4.90 Å². The summed E-state index contributed by atoms with van der Waals surface area (Å²) in [6.45, 7) is 4.24. The van der Waals surface area contributed by atoms with E-state index in [4.69, 9.17) is 0 Å². The van der Waals surface area contributed by atoms with Crippen molar-refractivity contribution >= 4 is 17.8 Å². The minimum Gasteiger partial charge on any atom is -0.341 e. The fraction of sp³-hybridized carbons (Fsp3) is 0.625. The van der Waals surface area contributed by atoms with Crippen molar-refractivity contribution in [3.8, 4) is 0 Å². The second kappa shape index (κ2) is 7.02. The Balaban J connectivity index is 1.51. The van der Waals surface area contributed by atoms with Gasteiger partial charge in [-0.15, -0.1) is 0 Å². The SMILES string of the molecule is Cc1cnn(CC2CCN(C(=O)[C@@H]3CCC(=O)NC(=O)N3)CC2)c1. The van der Waals surface area contributed by atoms with E-state index in [0.717, 1.165) is 24.9 Å². The largest absolute Gasteiger partial charge is 0.341 e. The highest BCUT2D eigenvalue weighted by Crippen LogP contribution is 2.20. The molecule has 130 valence electrons. The standard InChI is InChI=1S/C16H23N5O3/c1-11-8-17-21(9-11)10-12-4-6-20(7-5-12)15(23)13-2-3-14(22)19-16(24)18-13/h8-9,12-13H,2-7,10H2,1H3,(H2,18,19,22,24)/t13-/m0/s1. The van der Waals surface area contributed by atoms with Gasteiger partial charge in [-0.05, 0) is 37.7 Å². The molecule has 3 rings (SSSR count). The second-order valence-corrected chi connectivity index (χ2v) is 6.62. The Bertz CT molecular complexity index is 633. The van der Waals surface area contributed by atoms with Gasteiger partial charge in [-0.1, -0.05) is 0 Å². The molecule has 1 aromatic heterocycles. The summed E-state index contributed by atoms with van der Waals surface area (Å²) in [5.41, 5.74) is 1.15. The van der Waals surface area contributed by atoms with Crippen LogP contribution in [0.4, 0.5) is 4.79 Å². The van der Waals surface area contributed by atoms with Gasteiger partial charge in [-0.3, -0.25) is 19.6 Å². The molecule has 2 aliphatic rings. The molecule has 8 nitrogen and oxygen atoms in total. The van der Waals surface area contributed by atoms with E-state index >= 15 is 0 Å². The lowest BCUT2D eigenvalue weighted by atomic mass is 9.96. The van der Waals surface area contributed by atoms with Crippen molar-refractivity contribution < 1.29 is 14.4 Å². The summed E-state index contributed by atoms with van der Waals surface area (Å²) in [5, 5.41) is 9.09. The third kappa shape index (κ3) is 3.93. The Hall–Kier alpha value is -2.38. The molecule has 0 spiro atoms. The zero-order valence-electron chi connectivity index (χ0n) is 13.8. The molecule has 0 unspecified atom stereocenters. The molecule has 4 amide bonds. The Morgan fingerprint density at radius 1 is 1.29 bits per heavy atom. The summed E-state index contributed by atoms with van der Waals surface area (Å²) < 4.78 is 1.96. The first kappa shape index (κ1) is 16.5. The predicted molar refractivity (Wildman–Crippen MR) is 86.0 cm³/mol. The molecule has 1 atom stereocenters. The molecule has 2 saturated heterocycles. The van der Waals surface area contributed by atoms with Crippen LogP contribution < -0.4 is 10.6 Å². The number of amides is 4. The molecule has 0 aliphatic carbocycles. The van der Waals surface area contributed by atoms with Gasteiger partial charge in [0, 0.05) is 32.3 Å². The minimum atomic E-state index is -0.609. The lowest BCUT2D eigenvalue weighted by molar-refractivity contribution is -0.134. The zero-order chi connectivity index (χ0) is 17.1. The fourth-order valence-electron chi connectivity index (χ4n) is 3.30. The van der Waals surface area contributed by atoms with E-state index in [9.17, 15) is 14.4 Å². The topological polar surface area (TPSA) is 96.3 Å². The van der Waals surface area contributed by atoms with Crippen molar-refractivity contribution in [3.05, 3.63) is 18.0 Å². The summed E-state index contributed by atoms with van der Waals surface area (Å²) in [6.07, 6.45) is 6.25. The highest BCUT2D eigenvalue weighted by Gasteiger charge is 2.31. The molecule has 8 heteroatoms. The summed E-state index contributed by atoms with van der Waals surface area (Å²) in [4.78, 5) is 37.3. The molecular formula is C16H23N5O3. The van der Waals surface area contributed by atoms with E-state index in [0.29, 0.717) is 25.4 Å². The molecule has 0 bridgehead atoms. The van der Waals surface area contributed by atoms with Gasteiger partial charge in [0.05, 0.1) is 6.20 Å². The van der Waals surface area contributed by atoms with Crippen LogP contribution in [0.3, 0.4) is 0 Å². The lowest BCUT2D eigenvalue weighted by Gasteiger charge is -2.34. The normalized spacial score (nSPS) is 22.7. The number of nitrogens with one attached hydrogen (secondary N) is 2. The highest BCUT2D eigenvalue weighted by molar-refractivity contribution is 5.98. The van der Waals surface area contributed by atoms with E-state index in [1.165, 1.54) is 0 Å². The van der Waals surface area contributed by atoms with Gasteiger partial charge < -0.3 is 10.2 Å². The van der Waals surface area contributed by atoms with Crippen LogP contribution in [0.15, 0.2) is 12.4 Å². The smallest absolute Gasteiger partial charge is 0.322 e. The van der Waals surface area contributed by atoms with E-state index in [1.807, 2.05) is 24.0 Å². The van der Waals surface area contributed by atoms with Crippen molar-refractivity contribution in [3.63, 3.8) is 0 Å². The van der Waals surface area contributed by atoms with Crippen LogP contribution in [0.2, 0.25) is 0 Å². The van der Waals surface area contributed by atoms with Crippen LogP contribution in [0.1, 0.15) is 31.2 Å². The summed E-state index contributed by atoms with van der Waals surface area (Å²) in [7, 11) is 0. The van der Waals surface area contributed by atoms with Crippen LogP contribution in [-0.4, -0.2) is 51.7 Å². The molecule has 0 saturated carbocycles. The molecular weight excluding hydrogens is 310 g/mol. The maximum atomic E-state index is 12.6. The third-order valence-electron chi connectivity index (χ3n) is 4.65. The van der Waals surface area contributed by atoms with Crippen molar-refractivity contribution in [2.24, 2.45) is 5.92 Å². The van der Waals surface area contributed by atoms with Gasteiger partial charge in [0.25, 0.3) is 0 Å². The number of likely N-dealkylation sites (tertiary alicyclic amines) is 1. The highest BCUT2D eigenvalue weighted by atomic mass is 16.2. The number of carbonyl (C=O) groups excluding carboxylic acids is 3. The number of carbonyl (C=O) groups is 3. The molecule has 2 fully saturated rings. The third-order valence-corrected chi connectivity index (χ3v) is 4.65. The number of urea groups is 1. The van der Waals surface area contributed by atoms with Crippen LogP contribution >= 0.6 is 0 Å². The summed E-state index contributed by atoms with van der Waals surface area (Å²) in [5.74, 6) is 0.0737. The summed E-state index contributed by atoms with van der Waals surface area (Å²) in [6, 6.07) is -1.19. The Kier molecular flexibility index (Phi) is 4.82. The number of aromatic nitrogens is 2. The van der Waals surface area contributed by atoms with Crippen molar-refractivity contribution in [1.29, 1.82) is 0 Å². The average Bonchev–Trinajstić information content (AvgIpc) is 2.87. The van der Waals surface area contributed by atoms with Gasteiger partial charge in [0.2, 0.25) is 11.8 Å². The predicted octanol–water partition coefficient (Wildman–Crippen LogP) is 0.418. The molecule has 0 radical (unpaired) electrons. The molecule has 24 heavy (non-hydrogen) atoms. The monoisotopic (exact) mass is 333 g/mol. The number of hydrogen-bond acceptors (Lipinski definition) is 4. The summed E-state index contributed by atoms with van der Waals surface area (Å²) >= 11 is 0. The maximum Gasteiger partial charge on any atom is 0.322 e. The Labute approximate surface area is 140 Å². The molecule has 2 N–H and O–H groups in total. The minimum absolute atomic E-state index is 0.0896. The number of rotatable bonds is 3. The van der Waals surface area contributed by atoms with Crippen LogP contribution in [0, 0.1) is 12.8 Å². The second-order valence-electron chi connectivity index (χ2n) is 6.62. The van der Waals surface area contributed by atoms with E-state index in [2.05, 4.69) is 15.7 Å². The first-order chi connectivity index (χ1) is 11.5. The van der Waals surface area contributed by atoms with E-state index in [-0.39, 0.29) is 18.2 Å². The van der Waals surface area contributed by atoms with Gasteiger partial charge >= 0.3 is 6.03 Å². The molecule has 1 aromatic rings. The maximum absolute atomic E-state index is 12.6. The molecule has 2 aliphatic heterocycles. The number of piperidine rings is 1. The Morgan fingerprint density at radius 2 is 2.04 bits per heavy atom. The number of nitrogens with zero attached hydrogens (tertiary/aromatic N) is 3. The number of imide groups is 1. The first-order valence-corrected chi connectivity index (χ1v) is 8.39. The van der Waals surface area contributed by atoms with Crippen LogP contribution in [-0.2, 0) is 16.1 Å². The average molecular weight is 333 g/mol. The first-order valence-electron chi connectivity index (χ1n) is 8.39. The quantitative estimate of drug-likeness (QED) is 0.838. The number of hydrogen-bond donors (Lipinski definition) is 2. The Morgan fingerprint density at radius 3 is 2.71 bits per heavy atom. The van der Waals surface area contributed by atoms with E-state index < -0.39 is 12.1 Å². The fourth-order valence-corrected chi connectivity index (χ4v) is 3.30. The van der Waals surface area contributed by atoms with Gasteiger partial charge in [0.1, 0.15) is 6.04 Å².